The predicted octanol–water partition coefficient (Wildman–Crippen LogP) is 6.18. The predicted molar refractivity (Wildman–Crippen MR) is 122 cm³/mol. The molecule has 1 aromatic carbocycles. The number of carbonyl (C=O) groups is 1. The third-order valence-corrected chi connectivity index (χ3v) is 6.23. The third-order valence-electron chi connectivity index (χ3n) is 5.72. The molecule has 0 aliphatic heterocycles. The number of alkyl halides is 5. The Labute approximate surface area is 206 Å². The van der Waals surface area contributed by atoms with E-state index in [9.17, 15) is 26.7 Å². The van der Waals surface area contributed by atoms with E-state index in [0.717, 1.165) is 16.9 Å². The second-order valence-electron chi connectivity index (χ2n) is 8.34. The minimum absolute atomic E-state index is 0.0213. The summed E-state index contributed by atoms with van der Waals surface area (Å²) in [5.74, 6) is -0.554. The Morgan fingerprint density at radius 3 is 2.63 bits per heavy atom. The van der Waals surface area contributed by atoms with Crippen molar-refractivity contribution >= 4 is 45.7 Å². The fraction of sp³-hybridized carbons (Fsp3) is 0.409. The fourth-order valence-corrected chi connectivity index (χ4v) is 4.59. The summed E-state index contributed by atoms with van der Waals surface area (Å²) in [6, 6.07) is 4.87. The minimum atomic E-state index is -4.62. The summed E-state index contributed by atoms with van der Waals surface area (Å²) in [6.45, 7) is -0.688. The van der Waals surface area contributed by atoms with Gasteiger partial charge in [0, 0.05) is 34.4 Å². The molecule has 0 unspecified atom stereocenters. The first kappa shape index (κ1) is 25.4. The van der Waals surface area contributed by atoms with Crippen LogP contribution in [0.1, 0.15) is 41.7 Å². The zero-order valence-corrected chi connectivity index (χ0v) is 19.6. The first-order chi connectivity index (χ1) is 16.5. The van der Waals surface area contributed by atoms with Gasteiger partial charge in [-0.2, -0.15) is 18.3 Å². The molecule has 6 nitrogen and oxygen atoms in total. The molecule has 1 aliphatic carbocycles. The summed E-state index contributed by atoms with van der Waals surface area (Å²) in [7, 11) is 0. The molecule has 3 aromatic rings. The molecule has 0 spiro atoms. The summed E-state index contributed by atoms with van der Waals surface area (Å²) in [5.41, 5.74) is -0.640. The van der Waals surface area contributed by atoms with Crippen molar-refractivity contribution in [3.05, 3.63) is 51.9 Å². The zero-order valence-electron chi connectivity index (χ0n) is 18.0. The number of anilines is 1. The average Bonchev–Trinajstić information content (AvgIpc) is 3.13. The Morgan fingerprint density at radius 2 is 1.91 bits per heavy atom. The highest BCUT2D eigenvalue weighted by Gasteiger charge is 2.34. The van der Waals surface area contributed by atoms with E-state index in [1.165, 1.54) is 12.1 Å². The largest absolute Gasteiger partial charge is 0.433 e. The highest BCUT2D eigenvalue weighted by atomic mass is 35.5. The quantitative estimate of drug-likeness (QED) is 0.370. The number of nitrogens with zero attached hydrogens (tertiary/aromatic N) is 3. The van der Waals surface area contributed by atoms with Gasteiger partial charge >= 0.3 is 6.18 Å². The van der Waals surface area contributed by atoms with Gasteiger partial charge < -0.3 is 10.6 Å². The smallest absolute Gasteiger partial charge is 0.382 e. The van der Waals surface area contributed by atoms with E-state index in [0.29, 0.717) is 36.1 Å². The molecule has 188 valence electrons. The van der Waals surface area contributed by atoms with Crippen LogP contribution in [0.5, 0.6) is 0 Å². The van der Waals surface area contributed by atoms with Crippen LogP contribution < -0.4 is 10.6 Å². The lowest BCUT2D eigenvalue weighted by Crippen LogP contribution is -2.41. The van der Waals surface area contributed by atoms with Crippen molar-refractivity contribution in [3.8, 4) is 0 Å². The van der Waals surface area contributed by atoms with E-state index in [4.69, 9.17) is 23.2 Å². The SMILES string of the molecule is O=C(N[C@@H]1CCC[C@H](Nc2cc(C(F)(F)F)nc3ccc(Cl)cc23)C1)c1cn(CC(F)F)nc1Cl. The maximum absolute atomic E-state index is 13.4. The van der Waals surface area contributed by atoms with Crippen molar-refractivity contribution in [1.29, 1.82) is 0 Å². The Morgan fingerprint density at radius 1 is 1.17 bits per heavy atom. The molecule has 2 N–H and O–H groups in total. The Balaban J connectivity index is 1.50. The molecule has 0 bridgehead atoms. The molecule has 4 rings (SSSR count). The number of aromatic nitrogens is 3. The molecule has 0 saturated heterocycles. The summed E-state index contributed by atoms with van der Waals surface area (Å²) >= 11 is 12.0. The maximum atomic E-state index is 13.4. The molecular weight excluding hydrogens is 516 g/mol. The van der Waals surface area contributed by atoms with E-state index in [1.807, 2.05) is 0 Å². The summed E-state index contributed by atoms with van der Waals surface area (Å²) in [6.07, 6.45) is -3.66. The van der Waals surface area contributed by atoms with Gasteiger partial charge in [0.25, 0.3) is 12.3 Å². The molecule has 2 heterocycles. The normalized spacial score (nSPS) is 18.7. The fourth-order valence-electron chi connectivity index (χ4n) is 4.18. The summed E-state index contributed by atoms with van der Waals surface area (Å²) in [4.78, 5) is 16.4. The molecular formula is C22H20Cl2F5N5O. The number of hydrogen-bond acceptors (Lipinski definition) is 4. The molecule has 1 fully saturated rings. The van der Waals surface area contributed by atoms with Crippen LogP contribution in [-0.2, 0) is 12.7 Å². The standard InChI is InChI=1S/C22H20Cl2F5N5O/c23-11-4-5-16-14(6-11)17(8-18(32-16)22(27,28)29)30-12-2-1-3-13(7-12)31-21(35)15-9-34(10-19(25)26)33-20(15)24/h4-6,8-9,12-13,19H,1-3,7,10H2,(H,30,32)(H,31,35)/t12-,13+/m0/s1. The number of rotatable bonds is 6. The van der Waals surface area contributed by atoms with Crippen molar-refractivity contribution in [2.75, 3.05) is 5.32 Å². The first-order valence-electron chi connectivity index (χ1n) is 10.8. The molecule has 13 heteroatoms. The Kier molecular flexibility index (Phi) is 7.37. The van der Waals surface area contributed by atoms with Crippen molar-refractivity contribution in [2.45, 2.75) is 56.9 Å². The van der Waals surface area contributed by atoms with Crippen LogP contribution in [-0.4, -0.2) is 39.2 Å². The molecule has 1 saturated carbocycles. The number of halogens is 7. The van der Waals surface area contributed by atoms with Crippen molar-refractivity contribution < 1.29 is 26.7 Å². The topological polar surface area (TPSA) is 71.8 Å². The van der Waals surface area contributed by atoms with Gasteiger partial charge in [0.1, 0.15) is 12.2 Å². The van der Waals surface area contributed by atoms with Crippen molar-refractivity contribution in [3.63, 3.8) is 0 Å². The van der Waals surface area contributed by atoms with E-state index in [-0.39, 0.29) is 34.0 Å². The van der Waals surface area contributed by atoms with Gasteiger partial charge in [0.05, 0.1) is 11.1 Å². The maximum Gasteiger partial charge on any atom is 0.433 e. The van der Waals surface area contributed by atoms with Gasteiger partial charge in [-0.15, -0.1) is 0 Å². The number of nitrogens with one attached hydrogen (secondary N) is 2. The van der Waals surface area contributed by atoms with E-state index < -0.39 is 30.7 Å². The number of fused-ring (bicyclic) bond motifs is 1. The van der Waals surface area contributed by atoms with Gasteiger partial charge in [-0.25, -0.2) is 13.8 Å². The monoisotopic (exact) mass is 535 g/mol. The second kappa shape index (κ2) is 10.1. The van der Waals surface area contributed by atoms with Gasteiger partial charge in [-0.05, 0) is 49.9 Å². The van der Waals surface area contributed by atoms with Crippen LogP contribution in [0.15, 0.2) is 30.5 Å². The van der Waals surface area contributed by atoms with E-state index in [1.54, 1.807) is 6.07 Å². The lowest BCUT2D eigenvalue weighted by molar-refractivity contribution is -0.140. The van der Waals surface area contributed by atoms with Crippen LogP contribution in [0.2, 0.25) is 10.2 Å². The Hall–Kier alpha value is -2.66. The van der Waals surface area contributed by atoms with E-state index in [2.05, 4.69) is 20.7 Å². The van der Waals surface area contributed by atoms with Crippen LogP contribution >= 0.6 is 23.2 Å². The Bertz CT molecular complexity index is 1230. The molecule has 2 aromatic heterocycles. The molecule has 0 radical (unpaired) electrons. The van der Waals surface area contributed by atoms with Gasteiger partial charge in [-0.1, -0.05) is 23.2 Å². The summed E-state index contributed by atoms with van der Waals surface area (Å²) in [5, 5.41) is 10.3. The number of hydrogen-bond donors (Lipinski definition) is 2. The van der Waals surface area contributed by atoms with Crippen LogP contribution in [0.25, 0.3) is 10.9 Å². The van der Waals surface area contributed by atoms with Gasteiger partial charge in [-0.3, -0.25) is 9.48 Å². The van der Waals surface area contributed by atoms with Crippen molar-refractivity contribution in [2.24, 2.45) is 0 Å². The highest BCUT2D eigenvalue weighted by molar-refractivity contribution is 6.32. The lowest BCUT2D eigenvalue weighted by atomic mass is 9.90. The second-order valence-corrected chi connectivity index (χ2v) is 9.13. The van der Waals surface area contributed by atoms with Crippen LogP contribution in [0, 0.1) is 0 Å². The van der Waals surface area contributed by atoms with Gasteiger partial charge in [0.15, 0.2) is 5.15 Å². The van der Waals surface area contributed by atoms with Crippen molar-refractivity contribution in [1.82, 2.24) is 20.1 Å². The highest BCUT2D eigenvalue weighted by Crippen LogP contribution is 2.35. The molecule has 1 aliphatic rings. The number of benzene rings is 1. The first-order valence-corrected chi connectivity index (χ1v) is 11.5. The number of pyridine rings is 1. The number of amides is 1. The van der Waals surface area contributed by atoms with Crippen LogP contribution in [0.3, 0.4) is 0 Å². The van der Waals surface area contributed by atoms with Crippen LogP contribution in [0.4, 0.5) is 27.6 Å². The van der Waals surface area contributed by atoms with Gasteiger partial charge in [0.2, 0.25) is 0 Å². The number of carbonyl (C=O) groups excluding carboxylic acids is 1. The third kappa shape index (κ3) is 6.13. The zero-order chi connectivity index (χ0) is 25.3. The minimum Gasteiger partial charge on any atom is -0.382 e. The average molecular weight is 536 g/mol. The lowest BCUT2D eigenvalue weighted by Gasteiger charge is -2.31. The summed E-state index contributed by atoms with van der Waals surface area (Å²) < 4.78 is 66.3. The molecule has 35 heavy (non-hydrogen) atoms. The van der Waals surface area contributed by atoms with E-state index >= 15 is 0 Å². The molecule has 1 amide bonds. The molecule has 2 atom stereocenters.